The predicted octanol–water partition coefficient (Wildman–Crippen LogP) is 4.76. The first-order chi connectivity index (χ1) is 8.31. The average molecular weight is 264 g/mol. The Labute approximate surface area is 110 Å². The van der Waals surface area contributed by atoms with Crippen LogP contribution in [0.3, 0.4) is 0 Å². The summed E-state index contributed by atoms with van der Waals surface area (Å²) in [4.78, 5) is 0. The molecule has 1 N–H and O–H groups in total. The number of anilines is 1. The first-order valence-corrected chi connectivity index (χ1v) is 7.17. The summed E-state index contributed by atoms with van der Waals surface area (Å²) >= 11 is 7.74. The van der Waals surface area contributed by atoms with Gasteiger partial charge in [-0.15, -0.1) is 0 Å². The Hall–Kier alpha value is -0.990. The summed E-state index contributed by atoms with van der Waals surface area (Å²) in [6.07, 6.45) is 2.41. The normalized spacial score (nSPS) is 23.1. The van der Waals surface area contributed by atoms with Gasteiger partial charge in [-0.1, -0.05) is 23.7 Å². The third-order valence-electron chi connectivity index (χ3n) is 3.35. The van der Waals surface area contributed by atoms with Crippen LogP contribution in [-0.2, 0) is 0 Å². The van der Waals surface area contributed by atoms with E-state index >= 15 is 0 Å². The fourth-order valence-electron chi connectivity index (χ4n) is 2.35. The fraction of sp³-hybridized carbons (Fsp3) is 0.286. The van der Waals surface area contributed by atoms with Gasteiger partial charge in [0.05, 0.1) is 0 Å². The molecule has 88 valence electrons. The van der Waals surface area contributed by atoms with E-state index in [2.05, 4.69) is 34.3 Å². The molecule has 1 aliphatic rings. The Morgan fingerprint density at radius 2 is 2.12 bits per heavy atom. The van der Waals surface area contributed by atoms with E-state index in [0.29, 0.717) is 12.0 Å². The smallest absolute Gasteiger partial charge is 0.0450 e. The Morgan fingerprint density at radius 1 is 1.24 bits per heavy atom. The van der Waals surface area contributed by atoms with Gasteiger partial charge in [-0.05, 0) is 47.9 Å². The van der Waals surface area contributed by atoms with Crippen LogP contribution in [0.15, 0.2) is 41.1 Å². The van der Waals surface area contributed by atoms with Gasteiger partial charge < -0.3 is 5.32 Å². The van der Waals surface area contributed by atoms with Crippen molar-refractivity contribution in [1.29, 1.82) is 0 Å². The van der Waals surface area contributed by atoms with Gasteiger partial charge in [-0.2, -0.15) is 11.3 Å². The molecule has 1 fully saturated rings. The third-order valence-corrected chi connectivity index (χ3v) is 4.27. The molecule has 1 heterocycles. The number of rotatable bonds is 3. The molecule has 3 heteroatoms. The maximum absolute atomic E-state index is 6.01. The molecule has 1 nitrogen and oxygen atoms in total. The van der Waals surface area contributed by atoms with Crippen LogP contribution in [0.4, 0.5) is 5.69 Å². The van der Waals surface area contributed by atoms with Gasteiger partial charge >= 0.3 is 0 Å². The first kappa shape index (κ1) is 11.1. The lowest BCUT2D eigenvalue weighted by molar-refractivity contribution is 0.374. The molecule has 0 atom stereocenters. The second kappa shape index (κ2) is 4.71. The SMILES string of the molecule is Clc1cccc(C2CC(Nc3ccsc3)C2)c1. The third kappa shape index (κ3) is 2.48. The molecule has 1 aliphatic carbocycles. The highest BCUT2D eigenvalue weighted by Crippen LogP contribution is 2.39. The van der Waals surface area contributed by atoms with Gasteiger partial charge in [0.15, 0.2) is 0 Å². The lowest BCUT2D eigenvalue weighted by Gasteiger charge is -2.36. The van der Waals surface area contributed by atoms with Gasteiger partial charge in [0.1, 0.15) is 0 Å². The van der Waals surface area contributed by atoms with Crippen LogP contribution >= 0.6 is 22.9 Å². The van der Waals surface area contributed by atoms with Gasteiger partial charge in [0.2, 0.25) is 0 Å². The summed E-state index contributed by atoms with van der Waals surface area (Å²) in [6.45, 7) is 0. The maximum Gasteiger partial charge on any atom is 0.0450 e. The van der Waals surface area contributed by atoms with Crippen LogP contribution in [-0.4, -0.2) is 6.04 Å². The zero-order valence-electron chi connectivity index (χ0n) is 9.40. The molecule has 0 amide bonds. The zero-order chi connectivity index (χ0) is 11.7. The van der Waals surface area contributed by atoms with E-state index in [1.54, 1.807) is 11.3 Å². The van der Waals surface area contributed by atoms with Crippen molar-refractivity contribution in [2.45, 2.75) is 24.8 Å². The van der Waals surface area contributed by atoms with Crippen LogP contribution in [0.2, 0.25) is 5.02 Å². The first-order valence-electron chi connectivity index (χ1n) is 5.85. The summed E-state index contributed by atoms with van der Waals surface area (Å²) in [5, 5.41) is 8.66. The van der Waals surface area contributed by atoms with Crippen LogP contribution in [0.5, 0.6) is 0 Å². The van der Waals surface area contributed by atoms with Crippen molar-refractivity contribution >= 4 is 28.6 Å². The van der Waals surface area contributed by atoms with E-state index in [4.69, 9.17) is 11.6 Å². The van der Waals surface area contributed by atoms with Crippen molar-refractivity contribution in [3.05, 3.63) is 51.7 Å². The van der Waals surface area contributed by atoms with Crippen LogP contribution < -0.4 is 5.32 Å². The number of hydrogen-bond donors (Lipinski definition) is 1. The number of thiophene rings is 1. The second-order valence-corrected chi connectivity index (χ2v) is 5.79. The minimum absolute atomic E-state index is 0.619. The van der Waals surface area contributed by atoms with E-state index in [1.165, 1.54) is 24.1 Å². The molecular weight excluding hydrogens is 250 g/mol. The molecule has 17 heavy (non-hydrogen) atoms. The molecule has 1 saturated carbocycles. The highest BCUT2D eigenvalue weighted by atomic mass is 35.5. The largest absolute Gasteiger partial charge is 0.382 e. The fourth-order valence-corrected chi connectivity index (χ4v) is 3.15. The Bertz CT molecular complexity index is 489. The lowest BCUT2D eigenvalue weighted by Crippen LogP contribution is -2.33. The predicted molar refractivity (Wildman–Crippen MR) is 75.2 cm³/mol. The second-order valence-electron chi connectivity index (χ2n) is 4.58. The van der Waals surface area contributed by atoms with Crippen molar-refractivity contribution in [2.24, 2.45) is 0 Å². The summed E-state index contributed by atoms with van der Waals surface area (Å²) in [7, 11) is 0. The minimum Gasteiger partial charge on any atom is -0.382 e. The van der Waals surface area contributed by atoms with Gasteiger partial charge in [-0.25, -0.2) is 0 Å². The molecule has 0 saturated heterocycles. The summed E-state index contributed by atoms with van der Waals surface area (Å²) in [5.41, 5.74) is 2.63. The van der Waals surface area contributed by atoms with E-state index in [1.807, 2.05) is 12.1 Å². The van der Waals surface area contributed by atoms with Crippen LogP contribution in [0, 0.1) is 0 Å². The van der Waals surface area contributed by atoms with E-state index in [0.717, 1.165) is 5.02 Å². The molecule has 0 radical (unpaired) electrons. The van der Waals surface area contributed by atoms with Crippen molar-refractivity contribution in [1.82, 2.24) is 0 Å². The highest BCUT2D eigenvalue weighted by molar-refractivity contribution is 7.08. The standard InChI is InChI=1S/C14H14ClNS/c15-12-3-1-2-10(6-12)11-7-14(8-11)16-13-4-5-17-9-13/h1-6,9,11,14,16H,7-8H2. The molecule has 0 bridgehead atoms. The Kier molecular flexibility index (Phi) is 3.08. The van der Waals surface area contributed by atoms with Crippen LogP contribution in [0.25, 0.3) is 0 Å². The zero-order valence-corrected chi connectivity index (χ0v) is 11.0. The quantitative estimate of drug-likeness (QED) is 0.842. The van der Waals surface area contributed by atoms with Gasteiger partial charge in [0.25, 0.3) is 0 Å². The minimum atomic E-state index is 0.619. The molecule has 3 rings (SSSR count). The van der Waals surface area contributed by atoms with Crippen molar-refractivity contribution in [3.63, 3.8) is 0 Å². The van der Waals surface area contributed by atoms with E-state index < -0.39 is 0 Å². The number of halogens is 1. The number of benzene rings is 1. The average Bonchev–Trinajstić information content (AvgIpc) is 2.75. The molecule has 0 aliphatic heterocycles. The Morgan fingerprint density at radius 3 is 2.82 bits per heavy atom. The topological polar surface area (TPSA) is 12.0 Å². The van der Waals surface area contributed by atoms with Gasteiger partial charge in [0, 0.05) is 22.1 Å². The molecule has 0 unspecified atom stereocenters. The van der Waals surface area contributed by atoms with Crippen molar-refractivity contribution in [3.8, 4) is 0 Å². The summed E-state index contributed by atoms with van der Waals surface area (Å²) in [5.74, 6) is 0.671. The monoisotopic (exact) mass is 263 g/mol. The van der Waals surface area contributed by atoms with Gasteiger partial charge in [-0.3, -0.25) is 0 Å². The van der Waals surface area contributed by atoms with Crippen molar-refractivity contribution < 1.29 is 0 Å². The lowest BCUT2D eigenvalue weighted by atomic mass is 9.76. The molecule has 2 aromatic rings. The molecule has 1 aromatic carbocycles. The Balaban J connectivity index is 1.58. The number of hydrogen-bond acceptors (Lipinski definition) is 2. The van der Waals surface area contributed by atoms with E-state index in [-0.39, 0.29) is 0 Å². The van der Waals surface area contributed by atoms with Crippen molar-refractivity contribution in [2.75, 3.05) is 5.32 Å². The van der Waals surface area contributed by atoms with E-state index in [9.17, 15) is 0 Å². The maximum atomic E-state index is 6.01. The van der Waals surface area contributed by atoms with Crippen LogP contribution in [0.1, 0.15) is 24.3 Å². The highest BCUT2D eigenvalue weighted by Gasteiger charge is 2.30. The summed E-state index contributed by atoms with van der Waals surface area (Å²) in [6, 6.07) is 11.0. The summed E-state index contributed by atoms with van der Waals surface area (Å²) < 4.78 is 0. The molecule has 0 spiro atoms. The number of nitrogens with one attached hydrogen (secondary N) is 1. The molecular formula is C14H14ClNS. The molecule has 1 aromatic heterocycles.